The van der Waals surface area contributed by atoms with Crippen molar-refractivity contribution >= 4 is 10.9 Å². The van der Waals surface area contributed by atoms with Crippen molar-refractivity contribution in [3.8, 4) is 0 Å². The highest BCUT2D eigenvalue weighted by Crippen LogP contribution is 2.34. The van der Waals surface area contributed by atoms with Gasteiger partial charge in [0.2, 0.25) is 0 Å². The van der Waals surface area contributed by atoms with E-state index in [1.54, 1.807) is 6.92 Å². The van der Waals surface area contributed by atoms with Crippen molar-refractivity contribution in [1.29, 1.82) is 0 Å². The summed E-state index contributed by atoms with van der Waals surface area (Å²) in [5.74, 6) is -1.36. The smallest absolute Gasteiger partial charge is 0.132 e. The van der Waals surface area contributed by atoms with Crippen LogP contribution in [0.3, 0.4) is 0 Å². The summed E-state index contributed by atoms with van der Waals surface area (Å²) in [6.45, 7) is 5.82. The highest BCUT2D eigenvalue weighted by Gasteiger charge is 2.30. The van der Waals surface area contributed by atoms with Crippen LogP contribution in [0.25, 0.3) is 10.9 Å². The number of nitrogens with zero attached hydrogens (tertiary/aromatic N) is 2. The van der Waals surface area contributed by atoms with E-state index < -0.39 is 17.2 Å². The van der Waals surface area contributed by atoms with Crippen LogP contribution in [0.5, 0.6) is 0 Å². The third kappa shape index (κ3) is 3.33. The van der Waals surface area contributed by atoms with Crippen LogP contribution in [0.4, 0.5) is 8.78 Å². The molecule has 2 aromatic carbocycles. The molecule has 0 bridgehead atoms. The van der Waals surface area contributed by atoms with Crippen molar-refractivity contribution in [2.24, 2.45) is 0 Å². The summed E-state index contributed by atoms with van der Waals surface area (Å²) in [5.41, 5.74) is 3.43. The number of aliphatic hydroxyl groups is 1. The van der Waals surface area contributed by atoms with E-state index in [2.05, 4.69) is 41.6 Å². The summed E-state index contributed by atoms with van der Waals surface area (Å²) in [6.07, 6.45) is 1.83. The number of rotatable bonds is 3. The molecule has 1 aliphatic rings. The highest BCUT2D eigenvalue weighted by atomic mass is 19.1. The van der Waals surface area contributed by atoms with Gasteiger partial charge in [-0.05, 0) is 51.1 Å². The van der Waals surface area contributed by atoms with Gasteiger partial charge in [0.05, 0.1) is 6.54 Å². The fourth-order valence-corrected chi connectivity index (χ4v) is 4.37. The summed E-state index contributed by atoms with van der Waals surface area (Å²) < 4.78 is 29.8. The van der Waals surface area contributed by atoms with E-state index in [4.69, 9.17) is 0 Å². The number of aryl methyl sites for hydroxylation is 1. The van der Waals surface area contributed by atoms with E-state index in [1.807, 2.05) is 0 Å². The van der Waals surface area contributed by atoms with Gasteiger partial charge >= 0.3 is 0 Å². The first-order valence-electron chi connectivity index (χ1n) is 9.73. The van der Waals surface area contributed by atoms with Crippen LogP contribution in [-0.2, 0) is 25.0 Å². The zero-order valence-electron chi connectivity index (χ0n) is 16.6. The van der Waals surface area contributed by atoms with Gasteiger partial charge in [0.25, 0.3) is 0 Å². The van der Waals surface area contributed by atoms with E-state index in [0.717, 1.165) is 37.5 Å². The monoisotopic (exact) mass is 384 g/mol. The topological polar surface area (TPSA) is 28.4 Å². The molecule has 1 unspecified atom stereocenters. The summed E-state index contributed by atoms with van der Waals surface area (Å²) in [4.78, 5) is 2.31. The predicted molar refractivity (Wildman–Crippen MR) is 108 cm³/mol. The second kappa shape index (κ2) is 6.98. The SMILES string of the molecule is Cc1ccc2c(c1)c1c(n2CC(C)(O)c2ccc(F)cc2F)CCN(C)CC1. The molecule has 1 aromatic heterocycles. The Balaban J connectivity index is 1.84. The summed E-state index contributed by atoms with van der Waals surface area (Å²) in [7, 11) is 2.12. The van der Waals surface area contributed by atoms with Gasteiger partial charge in [-0.2, -0.15) is 0 Å². The van der Waals surface area contributed by atoms with Crippen molar-refractivity contribution in [3.63, 3.8) is 0 Å². The first kappa shape index (κ1) is 19.1. The third-order valence-electron chi connectivity index (χ3n) is 5.89. The minimum Gasteiger partial charge on any atom is -0.383 e. The zero-order valence-corrected chi connectivity index (χ0v) is 16.6. The Morgan fingerprint density at radius 1 is 1.07 bits per heavy atom. The number of likely N-dealkylation sites (N-methyl/N-ethyl adjacent to an activating group) is 1. The molecule has 148 valence electrons. The van der Waals surface area contributed by atoms with Gasteiger partial charge in [-0.25, -0.2) is 8.78 Å². The number of fused-ring (bicyclic) bond motifs is 3. The first-order valence-corrected chi connectivity index (χ1v) is 9.73. The van der Waals surface area contributed by atoms with Gasteiger partial charge < -0.3 is 14.6 Å². The first-order chi connectivity index (χ1) is 13.3. The van der Waals surface area contributed by atoms with Crippen LogP contribution >= 0.6 is 0 Å². The van der Waals surface area contributed by atoms with Crippen LogP contribution in [0.2, 0.25) is 0 Å². The predicted octanol–water partition coefficient (Wildman–Crippen LogP) is 4.17. The van der Waals surface area contributed by atoms with Gasteiger partial charge in [0.1, 0.15) is 17.2 Å². The van der Waals surface area contributed by atoms with E-state index in [0.29, 0.717) is 0 Å². The molecule has 0 radical (unpaired) electrons. The summed E-state index contributed by atoms with van der Waals surface area (Å²) in [5, 5.41) is 12.4. The molecule has 5 heteroatoms. The standard InChI is InChI=1S/C23H26F2N2O/c1-15-4-7-21-18(12-15)17-8-10-26(3)11-9-22(17)27(21)14-23(2,28)19-6-5-16(24)13-20(19)25/h4-7,12-13,28H,8-11,14H2,1-3H3. The fourth-order valence-electron chi connectivity index (χ4n) is 4.37. The molecule has 0 spiro atoms. The lowest BCUT2D eigenvalue weighted by atomic mass is 9.95. The molecule has 3 aromatic rings. The average molecular weight is 384 g/mol. The van der Waals surface area contributed by atoms with Crippen molar-refractivity contribution in [3.05, 3.63) is 70.4 Å². The molecule has 3 nitrogen and oxygen atoms in total. The van der Waals surface area contributed by atoms with E-state index in [9.17, 15) is 13.9 Å². The number of benzene rings is 2. The maximum Gasteiger partial charge on any atom is 0.132 e. The largest absolute Gasteiger partial charge is 0.383 e. The molecule has 0 fully saturated rings. The van der Waals surface area contributed by atoms with E-state index in [-0.39, 0.29) is 12.1 Å². The Morgan fingerprint density at radius 2 is 1.82 bits per heavy atom. The van der Waals surface area contributed by atoms with Crippen molar-refractivity contribution in [2.75, 3.05) is 20.1 Å². The Morgan fingerprint density at radius 3 is 2.57 bits per heavy atom. The van der Waals surface area contributed by atoms with Crippen molar-refractivity contribution < 1.29 is 13.9 Å². The maximum atomic E-state index is 14.4. The van der Waals surface area contributed by atoms with Gasteiger partial charge in [0, 0.05) is 47.7 Å². The molecule has 28 heavy (non-hydrogen) atoms. The average Bonchev–Trinajstić information content (AvgIpc) is 2.75. The van der Waals surface area contributed by atoms with Crippen LogP contribution in [0.15, 0.2) is 36.4 Å². The Hall–Kier alpha value is -2.24. The van der Waals surface area contributed by atoms with Gasteiger partial charge in [-0.3, -0.25) is 0 Å². The molecule has 1 atom stereocenters. The maximum absolute atomic E-state index is 14.4. The van der Waals surface area contributed by atoms with Crippen LogP contribution < -0.4 is 0 Å². The molecule has 1 aliphatic heterocycles. The minimum atomic E-state index is -1.46. The molecule has 2 heterocycles. The zero-order chi connectivity index (χ0) is 20.1. The summed E-state index contributed by atoms with van der Waals surface area (Å²) in [6, 6.07) is 9.71. The second-order valence-corrected chi connectivity index (χ2v) is 8.23. The van der Waals surface area contributed by atoms with Crippen molar-refractivity contribution in [2.45, 2.75) is 38.8 Å². The normalized spacial score (nSPS) is 17.4. The Labute approximate surface area is 164 Å². The lowest BCUT2D eigenvalue weighted by molar-refractivity contribution is 0.0351. The molecular formula is C23H26F2N2O. The second-order valence-electron chi connectivity index (χ2n) is 8.23. The van der Waals surface area contributed by atoms with Gasteiger partial charge in [-0.15, -0.1) is 0 Å². The van der Waals surface area contributed by atoms with Crippen LogP contribution in [0, 0.1) is 18.6 Å². The fraction of sp³-hybridized carbons (Fsp3) is 0.391. The number of aromatic nitrogens is 1. The van der Waals surface area contributed by atoms with Crippen LogP contribution in [0.1, 0.15) is 29.3 Å². The van der Waals surface area contributed by atoms with Crippen molar-refractivity contribution in [1.82, 2.24) is 9.47 Å². The van der Waals surface area contributed by atoms with E-state index in [1.165, 1.54) is 34.3 Å². The highest BCUT2D eigenvalue weighted by molar-refractivity contribution is 5.86. The number of hydrogen-bond acceptors (Lipinski definition) is 2. The number of halogens is 2. The molecule has 0 saturated carbocycles. The lowest BCUT2D eigenvalue weighted by Crippen LogP contribution is -2.30. The molecule has 0 amide bonds. The van der Waals surface area contributed by atoms with Gasteiger partial charge in [0.15, 0.2) is 0 Å². The quantitative estimate of drug-likeness (QED) is 0.734. The molecule has 0 saturated heterocycles. The summed E-state index contributed by atoms with van der Waals surface area (Å²) >= 11 is 0. The molecule has 4 rings (SSSR count). The van der Waals surface area contributed by atoms with Crippen LogP contribution in [-0.4, -0.2) is 34.7 Å². The van der Waals surface area contributed by atoms with Gasteiger partial charge in [-0.1, -0.05) is 17.7 Å². The molecule has 1 N–H and O–H groups in total. The Bertz CT molecular complexity index is 1040. The minimum absolute atomic E-state index is 0.113. The molecular weight excluding hydrogens is 358 g/mol. The number of hydrogen-bond donors (Lipinski definition) is 1. The Kier molecular flexibility index (Phi) is 4.76. The lowest BCUT2D eigenvalue weighted by Gasteiger charge is -2.27. The van der Waals surface area contributed by atoms with E-state index >= 15 is 0 Å². The molecule has 0 aliphatic carbocycles. The third-order valence-corrected chi connectivity index (χ3v) is 5.89.